The number of benzene rings is 1. The summed E-state index contributed by atoms with van der Waals surface area (Å²) in [4.78, 5) is 30.2. The Hall–Kier alpha value is -2.68. The number of hydrogen-bond acceptors (Lipinski definition) is 6. The van der Waals surface area contributed by atoms with Gasteiger partial charge >= 0.3 is 5.97 Å². The summed E-state index contributed by atoms with van der Waals surface area (Å²) in [5.41, 5.74) is 2.05. The third-order valence-electron chi connectivity index (χ3n) is 5.16. The molecular weight excluding hydrogens is 424 g/mol. The van der Waals surface area contributed by atoms with Crippen molar-refractivity contribution in [3.63, 3.8) is 0 Å². The molecule has 1 atom stereocenters. The first-order valence-electron chi connectivity index (χ1n) is 9.52. The van der Waals surface area contributed by atoms with Crippen molar-refractivity contribution in [2.24, 2.45) is 0 Å². The van der Waals surface area contributed by atoms with E-state index in [2.05, 4.69) is 10.2 Å². The highest BCUT2D eigenvalue weighted by atomic mass is 35.5. The Kier molecular flexibility index (Phi) is 6.17. The second kappa shape index (κ2) is 8.99. The molecule has 0 saturated carbocycles. The van der Waals surface area contributed by atoms with Gasteiger partial charge in [0.15, 0.2) is 5.69 Å². The van der Waals surface area contributed by atoms with Crippen LogP contribution in [0.15, 0.2) is 47.8 Å². The molecule has 0 spiro atoms. The largest absolute Gasteiger partial charge is 0.468 e. The van der Waals surface area contributed by atoms with Gasteiger partial charge in [-0.3, -0.25) is 14.8 Å². The number of nitrogens with one attached hydrogen (secondary N) is 1. The van der Waals surface area contributed by atoms with Crippen LogP contribution in [0.25, 0.3) is 10.6 Å². The number of nitrogens with zero attached hydrogens (tertiary/aromatic N) is 3. The molecule has 2 aromatic heterocycles. The molecule has 9 heteroatoms. The predicted octanol–water partition coefficient (Wildman–Crippen LogP) is 3.46. The number of halogens is 1. The molecule has 1 aliphatic rings. The highest BCUT2D eigenvalue weighted by molar-refractivity contribution is 7.13. The van der Waals surface area contributed by atoms with E-state index >= 15 is 0 Å². The number of piperazine rings is 1. The first-order chi connectivity index (χ1) is 14.6. The molecule has 1 aliphatic heterocycles. The number of rotatable bonds is 5. The molecule has 156 valence electrons. The molecular formula is C21H21ClN4O3S. The van der Waals surface area contributed by atoms with Crippen LogP contribution >= 0.6 is 22.9 Å². The van der Waals surface area contributed by atoms with Crippen molar-refractivity contribution < 1.29 is 14.3 Å². The number of methoxy groups -OCH3 is 1. The Bertz CT molecular complexity index is 1010. The fourth-order valence-corrected chi connectivity index (χ4v) is 4.41. The van der Waals surface area contributed by atoms with E-state index in [1.54, 1.807) is 34.4 Å². The van der Waals surface area contributed by atoms with E-state index in [0.29, 0.717) is 36.9 Å². The monoisotopic (exact) mass is 444 g/mol. The molecule has 1 saturated heterocycles. The molecule has 1 unspecified atom stereocenters. The molecule has 1 N–H and O–H groups in total. The summed E-state index contributed by atoms with van der Waals surface area (Å²) in [5, 5.41) is 9.71. The summed E-state index contributed by atoms with van der Waals surface area (Å²) in [5.74, 6) is -0.445. The maximum atomic E-state index is 12.9. The van der Waals surface area contributed by atoms with Gasteiger partial charge in [0.2, 0.25) is 0 Å². The number of thiophene rings is 1. The average Bonchev–Trinajstić information content (AvgIpc) is 3.47. The minimum absolute atomic E-state index is 0.116. The number of esters is 1. The lowest BCUT2D eigenvalue weighted by molar-refractivity contribution is -0.148. The van der Waals surface area contributed by atoms with Crippen molar-refractivity contribution in [1.82, 2.24) is 20.0 Å². The van der Waals surface area contributed by atoms with Crippen LogP contribution in [0.1, 0.15) is 22.1 Å². The second-order valence-corrected chi connectivity index (χ2v) is 8.33. The van der Waals surface area contributed by atoms with Crippen molar-refractivity contribution in [3.8, 4) is 10.6 Å². The van der Waals surface area contributed by atoms with Gasteiger partial charge in [0.25, 0.3) is 5.91 Å². The molecule has 7 nitrogen and oxygen atoms in total. The number of aromatic amines is 1. The summed E-state index contributed by atoms with van der Waals surface area (Å²) in [6, 6.07) is 12.4. The Balaban J connectivity index is 1.43. The van der Waals surface area contributed by atoms with Gasteiger partial charge in [0.05, 0.1) is 17.7 Å². The van der Waals surface area contributed by atoms with Crippen LogP contribution < -0.4 is 0 Å². The molecule has 0 aliphatic carbocycles. The van der Waals surface area contributed by atoms with Crippen LogP contribution in [0.3, 0.4) is 0 Å². The fourth-order valence-electron chi connectivity index (χ4n) is 3.59. The standard InChI is InChI=1S/C21H21ClN4O3S/c1-29-21(28)19(14-4-6-15(22)7-5-14)25-8-10-26(11-9-25)20(27)17-13-16(23-24-17)18-3-2-12-30-18/h2-7,12-13,19H,8-11H2,1H3,(H,23,24). The van der Waals surface area contributed by atoms with E-state index < -0.39 is 6.04 Å². The summed E-state index contributed by atoms with van der Waals surface area (Å²) in [6.45, 7) is 2.11. The van der Waals surface area contributed by atoms with E-state index in [1.807, 2.05) is 34.5 Å². The lowest BCUT2D eigenvalue weighted by Gasteiger charge is -2.38. The van der Waals surface area contributed by atoms with E-state index in [0.717, 1.165) is 16.1 Å². The summed E-state index contributed by atoms with van der Waals surface area (Å²) >= 11 is 7.57. The molecule has 1 fully saturated rings. The van der Waals surface area contributed by atoms with E-state index in [4.69, 9.17) is 16.3 Å². The lowest BCUT2D eigenvalue weighted by atomic mass is 10.0. The second-order valence-electron chi connectivity index (χ2n) is 6.95. The Morgan fingerprint density at radius 2 is 1.90 bits per heavy atom. The molecule has 3 heterocycles. The van der Waals surface area contributed by atoms with Crippen molar-refractivity contribution >= 4 is 34.8 Å². The number of ether oxygens (including phenoxy) is 1. The maximum Gasteiger partial charge on any atom is 0.327 e. The minimum atomic E-state index is -0.527. The lowest BCUT2D eigenvalue weighted by Crippen LogP contribution is -2.51. The highest BCUT2D eigenvalue weighted by Gasteiger charge is 2.33. The first kappa shape index (κ1) is 20.6. The zero-order valence-corrected chi connectivity index (χ0v) is 17.9. The van der Waals surface area contributed by atoms with E-state index in [9.17, 15) is 9.59 Å². The SMILES string of the molecule is COC(=O)C(c1ccc(Cl)cc1)N1CCN(C(=O)c2cc(-c3cccs3)[nH]n2)CC1. The van der Waals surface area contributed by atoms with Crippen molar-refractivity contribution in [3.05, 3.63) is 64.1 Å². The Morgan fingerprint density at radius 1 is 1.17 bits per heavy atom. The van der Waals surface area contributed by atoms with Crippen LogP contribution in [0.2, 0.25) is 5.02 Å². The van der Waals surface area contributed by atoms with Gasteiger partial charge in [0, 0.05) is 31.2 Å². The van der Waals surface area contributed by atoms with Gasteiger partial charge in [-0.1, -0.05) is 29.8 Å². The van der Waals surface area contributed by atoms with Crippen molar-refractivity contribution in [2.75, 3.05) is 33.3 Å². The number of H-pyrrole nitrogens is 1. The normalized spacial score (nSPS) is 15.7. The van der Waals surface area contributed by atoms with Crippen LogP contribution in [0.4, 0.5) is 0 Å². The first-order valence-corrected chi connectivity index (χ1v) is 10.8. The smallest absolute Gasteiger partial charge is 0.327 e. The zero-order valence-electron chi connectivity index (χ0n) is 16.4. The average molecular weight is 445 g/mol. The molecule has 1 aromatic carbocycles. The Morgan fingerprint density at radius 3 is 2.53 bits per heavy atom. The topological polar surface area (TPSA) is 78.5 Å². The van der Waals surface area contributed by atoms with Gasteiger partial charge in [-0.15, -0.1) is 11.3 Å². The quantitative estimate of drug-likeness (QED) is 0.610. The van der Waals surface area contributed by atoms with Gasteiger partial charge < -0.3 is 9.64 Å². The molecule has 0 radical (unpaired) electrons. The summed E-state index contributed by atoms with van der Waals surface area (Å²) in [7, 11) is 1.38. The number of hydrogen-bond donors (Lipinski definition) is 1. The van der Waals surface area contributed by atoms with Gasteiger partial charge in [-0.2, -0.15) is 5.10 Å². The summed E-state index contributed by atoms with van der Waals surface area (Å²) in [6.07, 6.45) is 0. The number of aromatic nitrogens is 2. The van der Waals surface area contributed by atoms with E-state index in [-0.39, 0.29) is 11.9 Å². The Labute approximate surface area is 183 Å². The third kappa shape index (κ3) is 4.26. The highest BCUT2D eigenvalue weighted by Crippen LogP contribution is 2.26. The molecule has 3 aromatic rings. The fraction of sp³-hybridized carbons (Fsp3) is 0.286. The van der Waals surface area contributed by atoms with Crippen molar-refractivity contribution in [2.45, 2.75) is 6.04 Å². The van der Waals surface area contributed by atoms with Crippen LogP contribution in [-0.2, 0) is 9.53 Å². The van der Waals surface area contributed by atoms with Gasteiger partial charge in [-0.05, 0) is 35.2 Å². The number of carbonyl (C=O) groups excluding carboxylic acids is 2. The minimum Gasteiger partial charge on any atom is -0.468 e. The molecule has 1 amide bonds. The van der Waals surface area contributed by atoms with Crippen molar-refractivity contribution in [1.29, 1.82) is 0 Å². The number of amides is 1. The van der Waals surface area contributed by atoms with Crippen LogP contribution in [-0.4, -0.2) is 65.2 Å². The van der Waals surface area contributed by atoms with Crippen LogP contribution in [0, 0.1) is 0 Å². The molecule has 0 bridgehead atoms. The predicted molar refractivity (Wildman–Crippen MR) is 116 cm³/mol. The van der Waals surface area contributed by atoms with Gasteiger partial charge in [0.1, 0.15) is 6.04 Å². The maximum absolute atomic E-state index is 12.9. The zero-order chi connectivity index (χ0) is 21.1. The van der Waals surface area contributed by atoms with Gasteiger partial charge in [-0.25, -0.2) is 4.79 Å². The molecule has 4 rings (SSSR count). The third-order valence-corrected chi connectivity index (χ3v) is 6.32. The van der Waals surface area contributed by atoms with E-state index in [1.165, 1.54) is 7.11 Å². The number of carbonyl (C=O) groups is 2. The molecule has 30 heavy (non-hydrogen) atoms. The summed E-state index contributed by atoms with van der Waals surface area (Å²) < 4.78 is 5.02. The van der Waals surface area contributed by atoms with Crippen LogP contribution in [0.5, 0.6) is 0 Å².